The van der Waals surface area contributed by atoms with Crippen LogP contribution in [-0.2, 0) is 0 Å². The van der Waals surface area contributed by atoms with Gasteiger partial charge in [-0.15, -0.1) is 11.3 Å². The van der Waals surface area contributed by atoms with Crippen LogP contribution in [0.15, 0.2) is 65.1 Å². The fourth-order valence-corrected chi connectivity index (χ4v) is 4.06. The van der Waals surface area contributed by atoms with Crippen molar-refractivity contribution in [3.05, 3.63) is 80.9 Å². The molecule has 0 unspecified atom stereocenters. The molecule has 0 aliphatic carbocycles. The van der Waals surface area contributed by atoms with Crippen LogP contribution in [0, 0.1) is 5.82 Å². The van der Waals surface area contributed by atoms with Gasteiger partial charge < -0.3 is 5.32 Å². The Balaban J connectivity index is 1.80. The first kappa shape index (κ1) is 18.1. The summed E-state index contributed by atoms with van der Waals surface area (Å²) in [5.74, 6) is -0.917. The lowest BCUT2D eigenvalue weighted by Gasteiger charge is -2.11. The van der Waals surface area contributed by atoms with Gasteiger partial charge in [-0.3, -0.25) is 4.79 Å². The fraction of sp³-hybridized carbons (Fsp3) is 0. The molecule has 0 aliphatic heterocycles. The molecule has 4 aromatic rings. The van der Waals surface area contributed by atoms with Crippen LogP contribution in [0.4, 0.5) is 10.1 Å². The zero-order valence-corrected chi connectivity index (χ0v) is 16.8. The summed E-state index contributed by atoms with van der Waals surface area (Å²) in [7, 11) is 0. The summed E-state index contributed by atoms with van der Waals surface area (Å²) in [6.45, 7) is 0. The lowest BCUT2D eigenvalue weighted by molar-refractivity contribution is 0.102. The Morgan fingerprint density at radius 2 is 1.93 bits per heavy atom. The van der Waals surface area contributed by atoms with Crippen LogP contribution >= 0.6 is 38.9 Å². The summed E-state index contributed by atoms with van der Waals surface area (Å²) >= 11 is 10.6. The lowest BCUT2D eigenvalue weighted by atomic mass is 10.1. The number of nitrogens with one attached hydrogen (secondary N) is 1. The number of fused-ring (bicyclic) bond motifs is 1. The second kappa shape index (κ2) is 7.38. The third kappa shape index (κ3) is 3.74. The van der Waals surface area contributed by atoms with Crippen molar-refractivity contribution in [3.8, 4) is 10.6 Å². The van der Waals surface area contributed by atoms with Crippen molar-refractivity contribution in [2.45, 2.75) is 0 Å². The van der Waals surface area contributed by atoms with Gasteiger partial charge in [-0.05, 0) is 42.5 Å². The van der Waals surface area contributed by atoms with E-state index in [9.17, 15) is 9.18 Å². The molecular formula is C20H11BrClFN2OS. The minimum absolute atomic E-state index is 0.116. The van der Waals surface area contributed by atoms with Crippen molar-refractivity contribution in [1.29, 1.82) is 0 Å². The van der Waals surface area contributed by atoms with Crippen LogP contribution in [0.1, 0.15) is 10.4 Å². The first-order chi connectivity index (χ1) is 13.0. The molecule has 0 saturated carbocycles. The third-order valence-corrected chi connectivity index (χ3v) is 5.71. The quantitative estimate of drug-likeness (QED) is 0.366. The number of halogens is 3. The van der Waals surface area contributed by atoms with Gasteiger partial charge in [0, 0.05) is 9.86 Å². The highest BCUT2D eigenvalue weighted by Crippen LogP contribution is 2.32. The Labute approximate surface area is 171 Å². The van der Waals surface area contributed by atoms with Crippen LogP contribution < -0.4 is 5.32 Å². The van der Waals surface area contributed by atoms with Crippen LogP contribution in [0.3, 0.4) is 0 Å². The average molecular weight is 462 g/mol. The van der Waals surface area contributed by atoms with Crippen molar-refractivity contribution in [2.75, 3.05) is 5.32 Å². The number of thiophene rings is 1. The van der Waals surface area contributed by atoms with Gasteiger partial charge in [0.25, 0.3) is 5.91 Å². The Hall–Kier alpha value is -2.28. The largest absolute Gasteiger partial charge is 0.319 e. The molecule has 2 heterocycles. The molecule has 7 heteroatoms. The summed E-state index contributed by atoms with van der Waals surface area (Å²) in [6.07, 6.45) is 0. The highest BCUT2D eigenvalue weighted by Gasteiger charge is 2.16. The summed E-state index contributed by atoms with van der Waals surface area (Å²) in [5, 5.41) is 3.34. The fourth-order valence-electron chi connectivity index (χ4n) is 2.72. The van der Waals surface area contributed by atoms with Crippen LogP contribution in [0.2, 0.25) is 4.34 Å². The number of anilines is 1. The second-order valence-electron chi connectivity index (χ2n) is 5.75. The van der Waals surface area contributed by atoms with E-state index in [-0.39, 0.29) is 5.69 Å². The van der Waals surface area contributed by atoms with Gasteiger partial charge in [0.15, 0.2) is 0 Å². The van der Waals surface area contributed by atoms with E-state index in [1.165, 1.54) is 23.5 Å². The molecule has 4 rings (SSSR count). The Morgan fingerprint density at radius 3 is 2.67 bits per heavy atom. The van der Waals surface area contributed by atoms with E-state index >= 15 is 0 Å². The molecule has 0 radical (unpaired) electrons. The molecule has 2 aromatic carbocycles. The maximum Gasteiger partial charge on any atom is 0.256 e. The molecule has 1 amide bonds. The molecule has 27 heavy (non-hydrogen) atoms. The molecule has 0 atom stereocenters. The van der Waals surface area contributed by atoms with Crippen molar-refractivity contribution in [3.63, 3.8) is 0 Å². The van der Waals surface area contributed by atoms with E-state index in [4.69, 9.17) is 11.6 Å². The number of hydrogen-bond acceptors (Lipinski definition) is 3. The summed E-state index contributed by atoms with van der Waals surface area (Å²) < 4.78 is 15.4. The zero-order chi connectivity index (χ0) is 19.0. The third-order valence-electron chi connectivity index (χ3n) is 3.97. The van der Waals surface area contributed by atoms with E-state index in [1.54, 1.807) is 18.2 Å². The Bertz CT molecular complexity index is 1180. The number of carbonyl (C=O) groups excluding carboxylic acids is 1. The van der Waals surface area contributed by atoms with E-state index in [0.717, 1.165) is 4.88 Å². The van der Waals surface area contributed by atoms with Crippen LogP contribution in [0.5, 0.6) is 0 Å². The molecule has 3 nitrogen and oxygen atoms in total. The monoisotopic (exact) mass is 460 g/mol. The van der Waals surface area contributed by atoms with E-state index < -0.39 is 11.7 Å². The average Bonchev–Trinajstić information content (AvgIpc) is 3.09. The molecule has 0 fully saturated rings. The number of carbonyl (C=O) groups is 1. The molecule has 0 aliphatic rings. The number of hydrogen-bond donors (Lipinski definition) is 1. The Morgan fingerprint density at radius 1 is 1.11 bits per heavy atom. The summed E-state index contributed by atoms with van der Waals surface area (Å²) in [6, 6.07) is 17.2. The van der Waals surface area contributed by atoms with E-state index in [0.29, 0.717) is 31.0 Å². The molecular weight excluding hydrogens is 451 g/mol. The smallest absolute Gasteiger partial charge is 0.256 e. The van der Waals surface area contributed by atoms with Crippen LogP contribution in [0.25, 0.3) is 21.5 Å². The van der Waals surface area contributed by atoms with Gasteiger partial charge in [-0.25, -0.2) is 9.37 Å². The van der Waals surface area contributed by atoms with Gasteiger partial charge in [0.2, 0.25) is 0 Å². The van der Waals surface area contributed by atoms with Gasteiger partial charge in [0.05, 0.1) is 31.7 Å². The van der Waals surface area contributed by atoms with Gasteiger partial charge in [-0.1, -0.05) is 45.7 Å². The topological polar surface area (TPSA) is 42.0 Å². The molecule has 134 valence electrons. The lowest BCUT2D eigenvalue weighted by Crippen LogP contribution is -2.14. The highest BCUT2D eigenvalue weighted by atomic mass is 79.9. The summed E-state index contributed by atoms with van der Waals surface area (Å²) in [5.41, 5.74) is 1.86. The molecule has 0 bridgehead atoms. The number of pyridine rings is 1. The number of rotatable bonds is 3. The van der Waals surface area contributed by atoms with Crippen molar-refractivity contribution in [2.24, 2.45) is 0 Å². The maximum atomic E-state index is 14.1. The van der Waals surface area contributed by atoms with Crippen molar-refractivity contribution < 1.29 is 9.18 Å². The SMILES string of the molecule is O=C(Nc1ccc(Br)cc1F)c1cc(-c2ccc(Cl)s2)nc2ccccc12. The van der Waals surface area contributed by atoms with Gasteiger partial charge in [-0.2, -0.15) is 0 Å². The normalized spacial score (nSPS) is 10.9. The van der Waals surface area contributed by atoms with Crippen molar-refractivity contribution >= 4 is 61.4 Å². The van der Waals surface area contributed by atoms with Gasteiger partial charge >= 0.3 is 0 Å². The van der Waals surface area contributed by atoms with Crippen LogP contribution in [-0.4, -0.2) is 10.9 Å². The molecule has 1 N–H and O–H groups in total. The predicted molar refractivity (Wildman–Crippen MR) is 112 cm³/mol. The number of amides is 1. The van der Waals surface area contributed by atoms with E-state index in [2.05, 4.69) is 26.2 Å². The summed E-state index contributed by atoms with van der Waals surface area (Å²) in [4.78, 5) is 18.4. The second-order valence-corrected chi connectivity index (χ2v) is 8.39. The maximum absolute atomic E-state index is 14.1. The number of nitrogens with zero attached hydrogens (tertiary/aromatic N) is 1. The first-order valence-corrected chi connectivity index (χ1v) is 9.92. The minimum atomic E-state index is -0.513. The predicted octanol–water partition coefficient (Wildman–Crippen LogP) is 6.77. The van der Waals surface area contributed by atoms with E-state index in [1.807, 2.05) is 30.3 Å². The molecule has 0 spiro atoms. The first-order valence-electron chi connectivity index (χ1n) is 7.93. The standard InChI is InChI=1S/C20H11BrClFN2OS/c21-11-5-6-16(14(23)9-11)25-20(26)13-10-17(18-7-8-19(22)27-18)24-15-4-2-1-3-12(13)15/h1-10H,(H,25,26). The number of aromatic nitrogens is 1. The molecule has 0 saturated heterocycles. The zero-order valence-electron chi connectivity index (χ0n) is 13.7. The number of para-hydroxylation sites is 1. The number of benzene rings is 2. The Kier molecular flexibility index (Phi) is 4.95. The van der Waals surface area contributed by atoms with Crippen molar-refractivity contribution in [1.82, 2.24) is 4.98 Å². The molecule has 2 aromatic heterocycles. The highest BCUT2D eigenvalue weighted by molar-refractivity contribution is 9.10. The van der Waals surface area contributed by atoms with Gasteiger partial charge in [0.1, 0.15) is 5.82 Å². The minimum Gasteiger partial charge on any atom is -0.319 e.